The number of hydrogen-bond donors (Lipinski definition) is 4. The molecule has 2 aromatic rings. The summed E-state index contributed by atoms with van der Waals surface area (Å²) in [6.45, 7) is -0.368. The van der Waals surface area contributed by atoms with Crippen LogP contribution in [0.15, 0.2) is 9.59 Å². The second-order valence-electron chi connectivity index (χ2n) is 4.95. The number of aliphatic hydroxyl groups excluding tert-OH is 2. The first kappa shape index (κ1) is 13.8. The summed E-state index contributed by atoms with van der Waals surface area (Å²) in [5.74, 6) is -0.121. The van der Waals surface area contributed by atoms with Gasteiger partial charge in [-0.25, -0.2) is 9.36 Å². The molecular formula is C11H15N5O5. The number of imidazole rings is 1. The smallest absolute Gasteiger partial charge is 0.332 e. The summed E-state index contributed by atoms with van der Waals surface area (Å²) in [6, 6.07) is 0. The Morgan fingerprint density at radius 2 is 2.24 bits per heavy atom. The number of nitrogens with zero attached hydrogens (tertiary/aromatic N) is 3. The van der Waals surface area contributed by atoms with Crippen LogP contribution in [0.3, 0.4) is 0 Å². The molecule has 0 amide bonds. The molecule has 3 rings (SSSR count). The number of aromatic nitrogens is 4. The molecule has 0 bridgehead atoms. The lowest BCUT2D eigenvalue weighted by Gasteiger charge is -2.12. The van der Waals surface area contributed by atoms with Crippen LogP contribution >= 0.6 is 0 Å². The molecule has 0 aliphatic carbocycles. The molecule has 3 atom stereocenters. The zero-order valence-corrected chi connectivity index (χ0v) is 11.2. The number of nitrogens with two attached hydrogens (primary N) is 1. The fourth-order valence-corrected chi connectivity index (χ4v) is 2.59. The predicted molar refractivity (Wildman–Crippen MR) is 71.6 cm³/mol. The van der Waals surface area contributed by atoms with E-state index >= 15 is 0 Å². The van der Waals surface area contributed by atoms with Crippen LogP contribution in [0.2, 0.25) is 0 Å². The quantitative estimate of drug-likeness (QED) is 0.484. The fraction of sp³-hybridized carbons (Fsp3) is 0.545. The van der Waals surface area contributed by atoms with Crippen molar-refractivity contribution in [3.05, 3.63) is 20.8 Å². The van der Waals surface area contributed by atoms with Crippen molar-refractivity contribution in [1.29, 1.82) is 0 Å². The van der Waals surface area contributed by atoms with Crippen molar-refractivity contribution >= 4 is 17.1 Å². The lowest BCUT2D eigenvalue weighted by atomic mass is 10.2. The van der Waals surface area contributed by atoms with E-state index in [1.807, 2.05) is 0 Å². The number of fused-ring (bicyclic) bond motifs is 1. The molecule has 0 unspecified atom stereocenters. The average molecular weight is 297 g/mol. The van der Waals surface area contributed by atoms with E-state index in [9.17, 15) is 14.7 Å². The maximum Gasteiger partial charge on any atom is 0.332 e. The van der Waals surface area contributed by atoms with Gasteiger partial charge in [0.05, 0.1) is 12.7 Å². The molecular weight excluding hydrogens is 282 g/mol. The van der Waals surface area contributed by atoms with E-state index in [0.717, 1.165) is 4.57 Å². The minimum atomic E-state index is -0.901. The highest BCUT2D eigenvalue weighted by molar-refractivity contribution is 5.71. The lowest BCUT2D eigenvalue weighted by Crippen LogP contribution is -2.27. The Morgan fingerprint density at radius 1 is 1.52 bits per heavy atom. The summed E-state index contributed by atoms with van der Waals surface area (Å²) < 4.78 is 7.76. The minimum Gasteiger partial charge on any atom is -0.394 e. The first-order valence-electron chi connectivity index (χ1n) is 6.35. The zero-order chi connectivity index (χ0) is 15.3. The Balaban J connectivity index is 2.22. The number of anilines is 1. The average Bonchev–Trinajstić information content (AvgIpc) is 2.89. The van der Waals surface area contributed by atoms with Crippen molar-refractivity contribution in [3.63, 3.8) is 0 Å². The van der Waals surface area contributed by atoms with Crippen LogP contribution in [-0.4, -0.2) is 48.1 Å². The molecule has 1 aliphatic heterocycles. The second kappa shape index (κ2) is 4.69. The lowest BCUT2D eigenvalue weighted by molar-refractivity contribution is -0.0443. The second-order valence-corrected chi connectivity index (χ2v) is 4.95. The molecule has 10 heteroatoms. The number of ether oxygens (including phenoxy) is 1. The van der Waals surface area contributed by atoms with E-state index in [4.69, 9.17) is 15.6 Å². The highest BCUT2D eigenvalue weighted by Gasteiger charge is 2.37. The monoisotopic (exact) mass is 297 g/mol. The summed E-state index contributed by atoms with van der Waals surface area (Å²) in [4.78, 5) is 30.5. The molecule has 0 saturated carbocycles. The molecule has 21 heavy (non-hydrogen) atoms. The van der Waals surface area contributed by atoms with E-state index in [1.54, 1.807) is 0 Å². The van der Waals surface area contributed by atoms with Gasteiger partial charge in [0.2, 0.25) is 5.95 Å². The van der Waals surface area contributed by atoms with Gasteiger partial charge >= 0.3 is 5.69 Å². The number of nitrogens with one attached hydrogen (secondary N) is 1. The number of aromatic amines is 1. The Hall–Kier alpha value is -2.17. The third kappa shape index (κ3) is 1.95. The van der Waals surface area contributed by atoms with Gasteiger partial charge in [-0.05, 0) is 0 Å². The molecule has 5 N–H and O–H groups in total. The fourth-order valence-electron chi connectivity index (χ4n) is 2.59. The summed E-state index contributed by atoms with van der Waals surface area (Å²) in [5, 5.41) is 18.9. The highest BCUT2D eigenvalue weighted by atomic mass is 16.5. The van der Waals surface area contributed by atoms with Crippen molar-refractivity contribution in [3.8, 4) is 0 Å². The molecule has 1 fully saturated rings. The summed E-state index contributed by atoms with van der Waals surface area (Å²) in [5.41, 5.74) is 4.62. The van der Waals surface area contributed by atoms with Crippen molar-refractivity contribution in [2.45, 2.75) is 24.9 Å². The molecule has 1 aliphatic rings. The number of hydrogen-bond acceptors (Lipinski definition) is 7. The molecule has 114 valence electrons. The molecule has 2 aromatic heterocycles. The van der Waals surface area contributed by atoms with Crippen LogP contribution < -0.4 is 17.0 Å². The number of H-pyrrole nitrogens is 1. The summed E-state index contributed by atoms with van der Waals surface area (Å²) in [7, 11) is 1.43. The Morgan fingerprint density at radius 3 is 2.86 bits per heavy atom. The van der Waals surface area contributed by atoms with Gasteiger partial charge in [-0.1, -0.05) is 0 Å². The van der Waals surface area contributed by atoms with Gasteiger partial charge in [0.1, 0.15) is 12.3 Å². The Bertz CT molecular complexity index is 806. The van der Waals surface area contributed by atoms with E-state index in [-0.39, 0.29) is 30.1 Å². The van der Waals surface area contributed by atoms with Crippen LogP contribution in [0.5, 0.6) is 0 Å². The SMILES string of the molecule is Cn1c(=O)n([C@H]2C[C@H](O)[C@@H](CO)O2)c2nc(N)[nH]c(=O)c21. The summed E-state index contributed by atoms with van der Waals surface area (Å²) >= 11 is 0. The zero-order valence-electron chi connectivity index (χ0n) is 11.2. The van der Waals surface area contributed by atoms with Gasteiger partial charge < -0.3 is 20.7 Å². The van der Waals surface area contributed by atoms with Crippen LogP contribution in [0.1, 0.15) is 12.6 Å². The molecule has 10 nitrogen and oxygen atoms in total. The van der Waals surface area contributed by atoms with E-state index in [2.05, 4.69) is 9.97 Å². The topological polar surface area (TPSA) is 148 Å². The van der Waals surface area contributed by atoms with Crippen LogP contribution in [0.4, 0.5) is 5.95 Å². The molecule has 0 radical (unpaired) electrons. The number of aliphatic hydroxyl groups is 2. The standard InChI is InChI=1S/C11H15N5O5/c1-15-7-8(13-10(12)14-9(7)19)16(11(15)20)6-2-4(18)5(3-17)21-6/h4-6,17-18H,2-3H2,1H3,(H3,12,13,14,19)/t4-,5+,6+/m0/s1. The summed E-state index contributed by atoms with van der Waals surface area (Å²) in [6.07, 6.45) is -2.39. The van der Waals surface area contributed by atoms with E-state index < -0.39 is 29.7 Å². The molecule has 3 heterocycles. The van der Waals surface area contributed by atoms with Gasteiger partial charge in [-0.15, -0.1) is 0 Å². The van der Waals surface area contributed by atoms with Gasteiger partial charge in [0.25, 0.3) is 5.56 Å². The van der Waals surface area contributed by atoms with Gasteiger partial charge in [0, 0.05) is 13.5 Å². The van der Waals surface area contributed by atoms with Gasteiger partial charge in [-0.2, -0.15) is 4.98 Å². The van der Waals surface area contributed by atoms with Crippen LogP contribution in [-0.2, 0) is 11.8 Å². The Labute approximate surface area is 117 Å². The van der Waals surface area contributed by atoms with Gasteiger partial charge in [0.15, 0.2) is 11.2 Å². The normalized spacial score (nSPS) is 25.8. The first-order chi connectivity index (χ1) is 9.93. The largest absolute Gasteiger partial charge is 0.394 e. The minimum absolute atomic E-state index is 0.0692. The highest BCUT2D eigenvalue weighted by Crippen LogP contribution is 2.29. The third-order valence-corrected chi connectivity index (χ3v) is 3.62. The Kier molecular flexibility index (Phi) is 3.08. The maximum atomic E-state index is 12.3. The van der Waals surface area contributed by atoms with Crippen molar-refractivity contribution < 1.29 is 14.9 Å². The van der Waals surface area contributed by atoms with Crippen molar-refractivity contribution in [2.75, 3.05) is 12.3 Å². The molecule has 0 spiro atoms. The third-order valence-electron chi connectivity index (χ3n) is 3.62. The maximum absolute atomic E-state index is 12.3. The van der Waals surface area contributed by atoms with Crippen LogP contribution in [0, 0.1) is 0 Å². The predicted octanol–water partition coefficient (Wildman–Crippen LogP) is -2.35. The van der Waals surface area contributed by atoms with Gasteiger partial charge in [-0.3, -0.25) is 14.3 Å². The number of nitrogen functional groups attached to an aromatic ring is 1. The van der Waals surface area contributed by atoms with Crippen molar-refractivity contribution in [2.24, 2.45) is 7.05 Å². The van der Waals surface area contributed by atoms with Crippen LogP contribution in [0.25, 0.3) is 11.2 Å². The first-order valence-corrected chi connectivity index (χ1v) is 6.35. The van der Waals surface area contributed by atoms with E-state index in [0.29, 0.717) is 0 Å². The van der Waals surface area contributed by atoms with E-state index in [1.165, 1.54) is 11.6 Å². The number of aryl methyl sites for hydroxylation is 1. The molecule has 0 aromatic carbocycles. The van der Waals surface area contributed by atoms with Crippen molar-refractivity contribution in [1.82, 2.24) is 19.1 Å². The number of rotatable bonds is 2. The molecule has 1 saturated heterocycles.